The number of amides is 2. The quantitative estimate of drug-likeness (QED) is 0.892. The van der Waals surface area contributed by atoms with Gasteiger partial charge >= 0.3 is 0 Å². The smallest absolute Gasteiger partial charge is 0.231 e. The van der Waals surface area contributed by atoms with Crippen molar-refractivity contribution >= 4 is 17.5 Å². The van der Waals surface area contributed by atoms with Gasteiger partial charge in [0.15, 0.2) is 11.5 Å². The lowest BCUT2D eigenvalue weighted by Crippen LogP contribution is -2.34. The summed E-state index contributed by atoms with van der Waals surface area (Å²) in [6, 6.07) is 9.28. The van der Waals surface area contributed by atoms with Crippen molar-refractivity contribution < 1.29 is 19.1 Å². The number of benzene rings is 1. The van der Waals surface area contributed by atoms with Gasteiger partial charge in [-0.3, -0.25) is 9.59 Å². The first-order valence-electron chi connectivity index (χ1n) is 8.29. The zero-order valence-corrected chi connectivity index (χ0v) is 13.7. The Morgan fingerprint density at radius 1 is 1.20 bits per heavy atom. The lowest BCUT2D eigenvalue weighted by Gasteiger charge is -2.17. The van der Waals surface area contributed by atoms with Crippen LogP contribution in [0.4, 0.5) is 5.69 Å². The zero-order valence-electron chi connectivity index (χ0n) is 13.7. The molecule has 0 radical (unpaired) electrons. The van der Waals surface area contributed by atoms with Crippen LogP contribution in [0.1, 0.15) is 6.42 Å². The minimum absolute atomic E-state index is 0.0515. The third-order valence-corrected chi connectivity index (χ3v) is 4.50. The monoisotopic (exact) mass is 341 g/mol. The molecule has 0 saturated carbocycles. The van der Waals surface area contributed by atoms with Gasteiger partial charge in [0.1, 0.15) is 0 Å². The maximum atomic E-state index is 12.3. The normalized spacial score (nSPS) is 18.6. The highest BCUT2D eigenvalue weighted by Gasteiger charge is 2.35. The number of anilines is 1. The van der Waals surface area contributed by atoms with E-state index in [-0.39, 0.29) is 30.9 Å². The van der Waals surface area contributed by atoms with Gasteiger partial charge in [0.05, 0.1) is 5.92 Å². The predicted molar refractivity (Wildman–Crippen MR) is 90.5 cm³/mol. The van der Waals surface area contributed by atoms with Gasteiger partial charge in [-0.2, -0.15) is 0 Å². The van der Waals surface area contributed by atoms with E-state index in [1.165, 1.54) is 0 Å². The van der Waals surface area contributed by atoms with Gasteiger partial charge in [0.2, 0.25) is 18.6 Å². The Morgan fingerprint density at radius 3 is 2.84 bits per heavy atom. The van der Waals surface area contributed by atoms with Crippen LogP contribution in [0.25, 0.3) is 0 Å². The van der Waals surface area contributed by atoms with Gasteiger partial charge in [0, 0.05) is 50.2 Å². The third-order valence-electron chi connectivity index (χ3n) is 4.50. The summed E-state index contributed by atoms with van der Waals surface area (Å²) in [7, 11) is 0. The maximum Gasteiger partial charge on any atom is 0.231 e. The fourth-order valence-electron chi connectivity index (χ4n) is 3.16. The molecule has 4 rings (SSSR count). The van der Waals surface area contributed by atoms with Crippen molar-refractivity contribution in [3.05, 3.63) is 42.7 Å². The third kappa shape index (κ3) is 3.17. The molecule has 3 heterocycles. The molecular weight excluding hydrogens is 322 g/mol. The van der Waals surface area contributed by atoms with Crippen LogP contribution in [-0.4, -0.2) is 36.3 Å². The van der Waals surface area contributed by atoms with Crippen molar-refractivity contribution in [3.63, 3.8) is 0 Å². The summed E-state index contributed by atoms with van der Waals surface area (Å²) in [5.41, 5.74) is 0.733. The Hall–Kier alpha value is -2.96. The van der Waals surface area contributed by atoms with Gasteiger partial charge < -0.3 is 24.3 Å². The maximum absolute atomic E-state index is 12.3. The minimum atomic E-state index is -0.331. The van der Waals surface area contributed by atoms with Crippen LogP contribution in [0, 0.1) is 5.92 Å². The SMILES string of the molecule is O=C(NCCn1cccc1)[C@H]1CC(=O)N(c2ccc3c(c2)OCO3)C1. The molecule has 2 aliphatic rings. The molecule has 0 aliphatic carbocycles. The van der Waals surface area contributed by atoms with Crippen LogP contribution in [0.3, 0.4) is 0 Å². The number of nitrogens with one attached hydrogen (secondary N) is 1. The second-order valence-electron chi connectivity index (χ2n) is 6.15. The number of carbonyl (C=O) groups is 2. The molecule has 1 aromatic heterocycles. The van der Waals surface area contributed by atoms with E-state index in [9.17, 15) is 9.59 Å². The van der Waals surface area contributed by atoms with Gasteiger partial charge in [-0.25, -0.2) is 0 Å². The number of hydrogen-bond acceptors (Lipinski definition) is 4. The lowest BCUT2D eigenvalue weighted by molar-refractivity contribution is -0.126. The van der Waals surface area contributed by atoms with Gasteiger partial charge in [0.25, 0.3) is 0 Å². The van der Waals surface area contributed by atoms with E-state index >= 15 is 0 Å². The van der Waals surface area contributed by atoms with Crippen LogP contribution in [0.15, 0.2) is 42.7 Å². The highest BCUT2D eigenvalue weighted by atomic mass is 16.7. The molecule has 2 amide bonds. The average molecular weight is 341 g/mol. The number of nitrogens with zero attached hydrogens (tertiary/aromatic N) is 2. The second-order valence-corrected chi connectivity index (χ2v) is 6.15. The second kappa shape index (κ2) is 6.51. The molecule has 7 heteroatoms. The average Bonchev–Trinajstić information content (AvgIpc) is 3.34. The van der Waals surface area contributed by atoms with Crippen molar-refractivity contribution in [2.45, 2.75) is 13.0 Å². The van der Waals surface area contributed by atoms with Crippen LogP contribution < -0.4 is 19.7 Å². The van der Waals surface area contributed by atoms with E-state index in [0.717, 1.165) is 5.69 Å². The lowest BCUT2D eigenvalue weighted by atomic mass is 10.1. The molecule has 0 spiro atoms. The fourth-order valence-corrected chi connectivity index (χ4v) is 3.16. The zero-order chi connectivity index (χ0) is 17.2. The summed E-state index contributed by atoms with van der Waals surface area (Å²) >= 11 is 0. The Bertz CT molecular complexity index is 788. The van der Waals surface area contributed by atoms with Crippen molar-refractivity contribution in [2.75, 3.05) is 24.8 Å². The van der Waals surface area contributed by atoms with Gasteiger partial charge in [-0.1, -0.05) is 0 Å². The number of aromatic nitrogens is 1. The molecular formula is C18H19N3O4. The molecule has 1 atom stereocenters. The fraction of sp³-hybridized carbons (Fsp3) is 0.333. The van der Waals surface area contributed by atoms with Crippen molar-refractivity contribution in [1.29, 1.82) is 0 Å². The van der Waals surface area contributed by atoms with E-state index in [1.807, 2.05) is 35.2 Å². The Morgan fingerprint density at radius 2 is 2.00 bits per heavy atom. The molecule has 2 aliphatic heterocycles. The predicted octanol–water partition coefficient (Wildman–Crippen LogP) is 1.39. The molecule has 1 aromatic carbocycles. The highest BCUT2D eigenvalue weighted by molar-refractivity contribution is 6.00. The van der Waals surface area contributed by atoms with Crippen LogP contribution in [-0.2, 0) is 16.1 Å². The van der Waals surface area contributed by atoms with Crippen molar-refractivity contribution in [1.82, 2.24) is 9.88 Å². The van der Waals surface area contributed by atoms with E-state index in [2.05, 4.69) is 5.32 Å². The van der Waals surface area contributed by atoms with Crippen LogP contribution >= 0.6 is 0 Å². The molecule has 1 saturated heterocycles. The van der Waals surface area contributed by atoms with E-state index in [4.69, 9.17) is 9.47 Å². The number of fused-ring (bicyclic) bond motifs is 1. The topological polar surface area (TPSA) is 72.8 Å². The molecule has 130 valence electrons. The molecule has 25 heavy (non-hydrogen) atoms. The van der Waals surface area contributed by atoms with Crippen LogP contribution in [0.2, 0.25) is 0 Å². The Kier molecular flexibility index (Phi) is 4.05. The number of ether oxygens (including phenoxy) is 2. The van der Waals surface area contributed by atoms with Gasteiger partial charge in [-0.15, -0.1) is 0 Å². The summed E-state index contributed by atoms with van der Waals surface area (Å²) in [5.74, 6) is 0.843. The van der Waals surface area contributed by atoms with Crippen molar-refractivity contribution in [3.8, 4) is 11.5 Å². The summed E-state index contributed by atoms with van der Waals surface area (Å²) in [6.07, 6.45) is 4.13. The molecule has 1 N–H and O–H groups in total. The molecule has 7 nitrogen and oxygen atoms in total. The Labute approximate surface area is 145 Å². The summed E-state index contributed by atoms with van der Waals surface area (Å²) in [4.78, 5) is 26.3. The summed E-state index contributed by atoms with van der Waals surface area (Å²) in [6.45, 7) is 1.83. The van der Waals surface area contributed by atoms with Crippen LogP contribution in [0.5, 0.6) is 11.5 Å². The Balaban J connectivity index is 1.35. The number of hydrogen-bond donors (Lipinski definition) is 1. The first kappa shape index (κ1) is 15.6. The van der Waals surface area contributed by atoms with E-state index < -0.39 is 0 Å². The van der Waals surface area contributed by atoms with E-state index in [0.29, 0.717) is 31.1 Å². The molecule has 0 unspecified atom stereocenters. The first-order chi connectivity index (χ1) is 12.2. The molecule has 2 aromatic rings. The van der Waals surface area contributed by atoms with Crippen molar-refractivity contribution in [2.24, 2.45) is 5.92 Å². The largest absolute Gasteiger partial charge is 0.454 e. The summed E-state index contributed by atoms with van der Waals surface area (Å²) in [5, 5.41) is 2.91. The van der Waals surface area contributed by atoms with Gasteiger partial charge in [-0.05, 0) is 24.3 Å². The highest BCUT2D eigenvalue weighted by Crippen LogP contribution is 2.37. The molecule has 1 fully saturated rings. The minimum Gasteiger partial charge on any atom is -0.454 e. The standard InChI is InChI=1S/C18H19N3O4/c22-17-9-13(18(23)19-5-8-20-6-1-2-7-20)11-21(17)14-3-4-15-16(10-14)25-12-24-15/h1-4,6-7,10,13H,5,8-9,11-12H2,(H,19,23)/t13-/m0/s1. The van der Waals surface area contributed by atoms with E-state index in [1.54, 1.807) is 17.0 Å². The number of rotatable bonds is 5. The number of carbonyl (C=O) groups excluding carboxylic acids is 2. The molecule has 0 bridgehead atoms. The first-order valence-corrected chi connectivity index (χ1v) is 8.29. The summed E-state index contributed by atoms with van der Waals surface area (Å²) < 4.78 is 12.6.